The summed E-state index contributed by atoms with van der Waals surface area (Å²) in [7, 11) is -0.518. The molecule has 0 atom stereocenters. The van der Waals surface area contributed by atoms with Crippen molar-refractivity contribution in [3.63, 3.8) is 0 Å². The van der Waals surface area contributed by atoms with E-state index in [1.54, 1.807) is 6.20 Å². The third-order valence-corrected chi connectivity index (χ3v) is 4.56. The Balaban J connectivity index is 2.16. The molecule has 1 fully saturated rings. The van der Waals surface area contributed by atoms with Crippen LogP contribution < -0.4 is 5.46 Å². The van der Waals surface area contributed by atoms with E-state index < -0.39 is 18.3 Å². The van der Waals surface area contributed by atoms with Crippen molar-refractivity contribution in [2.45, 2.75) is 45.5 Å². The Morgan fingerprint density at radius 2 is 1.71 bits per heavy atom. The molecule has 0 unspecified atom stereocenters. The van der Waals surface area contributed by atoms with Crippen LogP contribution in [0.25, 0.3) is 10.8 Å². The lowest BCUT2D eigenvalue weighted by Gasteiger charge is -2.32. The van der Waals surface area contributed by atoms with E-state index in [0.29, 0.717) is 5.69 Å². The first-order chi connectivity index (χ1) is 9.86. The Kier molecular flexibility index (Phi) is 3.32. The number of aliphatic hydroxyl groups is 1. The molecule has 110 valence electrons. The van der Waals surface area contributed by atoms with Crippen molar-refractivity contribution in [2.75, 3.05) is 0 Å². The summed E-state index contributed by atoms with van der Waals surface area (Å²) >= 11 is 0. The average molecular weight is 285 g/mol. The molecule has 1 saturated heterocycles. The third kappa shape index (κ3) is 2.25. The summed E-state index contributed by atoms with van der Waals surface area (Å²) in [6, 6.07) is 7.95. The van der Waals surface area contributed by atoms with Crippen molar-refractivity contribution in [3.05, 3.63) is 36.2 Å². The second kappa shape index (κ2) is 4.80. The molecule has 0 bridgehead atoms. The van der Waals surface area contributed by atoms with E-state index in [0.717, 1.165) is 16.2 Å². The molecule has 0 saturated carbocycles. The van der Waals surface area contributed by atoms with Crippen molar-refractivity contribution in [3.8, 4) is 0 Å². The van der Waals surface area contributed by atoms with Gasteiger partial charge in [0.1, 0.15) is 0 Å². The summed E-state index contributed by atoms with van der Waals surface area (Å²) < 4.78 is 12.3. The van der Waals surface area contributed by atoms with Crippen molar-refractivity contribution in [1.82, 2.24) is 4.98 Å². The molecule has 3 rings (SSSR count). The molecule has 0 spiro atoms. The van der Waals surface area contributed by atoms with E-state index in [1.165, 1.54) is 0 Å². The van der Waals surface area contributed by atoms with Gasteiger partial charge in [-0.25, -0.2) is 0 Å². The SMILES string of the molecule is CC1(C)OB(c2c(CO)ncc3ccccc23)OC1(C)C. The molecule has 1 N–H and O–H groups in total. The van der Waals surface area contributed by atoms with E-state index >= 15 is 0 Å². The molecule has 0 amide bonds. The number of nitrogens with zero attached hydrogens (tertiary/aromatic N) is 1. The number of aromatic nitrogens is 1. The van der Waals surface area contributed by atoms with E-state index in [1.807, 2.05) is 52.0 Å². The van der Waals surface area contributed by atoms with Gasteiger partial charge in [0, 0.05) is 11.7 Å². The lowest BCUT2D eigenvalue weighted by atomic mass is 9.75. The number of hydrogen-bond acceptors (Lipinski definition) is 4. The van der Waals surface area contributed by atoms with Crippen LogP contribution in [-0.4, -0.2) is 28.4 Å². The number of fused-ring (bicyclic) bond motifs is 1. The summed E-state index contributed by atoms with van der Waals surface area (Å²) in [5.41, 5.74) is 0.601. The largest absolute Gasteiger partial charge is 0.497 e. The molecule has 1 aliphatic rings. The maximum Gasteiger partial charge on any atom is 0.497 e. The van der Waals surface area contributed by atoms with Crippen molar-refractivity contribution in [2.24, 2.45) is 0 Å². The summed E-state index contributed by atoms with van der Waals surface area (Å²) in [6.45, 7) is 7.94. The number of aliphatic hydroxyl groups excluding tert-OH is 1. The monoisotopic (exact) mass is 285 g/mol. The third-order valence-electron chi connectivity index (χ3n) is 4.56. The standard InChI is InChI=1S/C16H20BNO3/c1-15(2)16(3,4)21-17(20-15)14-12-8-6-5-7-11(12)9-18-13(14)10-19/h5-9,19H,10H2,1-4H3. The molecule has 0 aliphatic carbocycles. The molecule has 1 aliphatic heterocycles. The smallest absolute Gasteiger partial charge is 0.399 e. The van der Waals surface area contributed by atoms with Gasteiger partial charge in [0.15, 0.2) is 0 Å². The summed E-state index contributed by atoms with van der Waals surface area (Å²) in [5.74, 6) is 0. The first kappa shape index (κ1) is 14.5. The number of pyridine rings is 1. The topological polar surface area (TPSA) is 51.6 Å². The molecule has 0 radical (unpaired) electrons. The highest BCUT2D eigenvalue weighted by Crippen LogP contribution is 2.37. The van der Waals surface area contributed by atoms with Crippen LogP contribution in [0.5, 0.6) is 0 Å². The van der Waals surface area contributed by atoms with E-state index in [9.17, 15) is 5.11 Å². The first-order valence-electron chi connectivity index (χ1n) is 7.19. The first-order valence-corrected chi connectivity index (χ1v) is 7.19. The molecular weight excluding hydrogens is 265 g/mol. The van der Waals surface area contributed by atoms with E-state index in [4.69, 9.17) is 9.31 Å². The average Bonchev–Trinajstić information content (AvgIpc) is 2.65. The van der Waals surface area contributed by atoms with Gasteiger partial charge in [-0.05, 0) is 38.5 Å². The van der Waals surface area contributed by atoms with Gasteiger partial charge in [-0.15, -0.1) is 0 Å². The molecule has 1 aromatic heterocycles. The molecule has 4 nitrogen and oxygen atoms in total. The van der Waals surface area contributed by atoms with Gasteiger partial charge in [-0.1, -0.05) is 24.3 Å². The fourth-order valence-electron chi connectivity index (χ4n) is 2.58. The fourth-order valence-corrected chi connectivity index (χ4v) is 2.58. The molecule has 1 aromatic carbocycles. The molecular formula is C16H20BNO3. The van der Waals surface area contributed by atoms with Gasteiger partial charge in [0.25, 0.3) is 0 Å². The summed E-state index contributed by atoms with van der Waals surface area (Å²) in [5, 5.41) is 11.6. The van der Waals surface area contributed by atoms with Gasteiger partial charge < -0.3 is 14.4 Å². The van der Waals surface area contributed by atoms with Gasteiger partial charge >= 0.3 is 7.12 Å². The minimum absolute atomic E-state index is 0.135. The molecule has 5 heteroatoms. The Bertz CT molecular complexity index is 668. The van der Waals surface area contributed by atoms with Gasteiger partial charge in [0.05, 0.1) is 23.5 Å². The molecule has 2 aromatic rings. The predicted molar refractivity (Wildman–Crippen MR) is 83.4 cm³/mol. The van der Waals surface area contributed by atoms with Crippen molar-refractivity contribution >= 4 is 23.4 Å². The van der Waals surface area contributed by atoms with E-state index in [-0.39, 0.29) is 6.61 Å². The van der Waals surface area contributed by atoms with Gasteiger partial charge in [-0.3, -0.25) is 4.98 Å². The zero-order chi connectivity index (χ0) is 15.3. The zero-order valence-corrected chi connectivity index (χ0v) is 12.9. The van der Waals surface area contributed by atoms with Crippen LogP contribution in [0, 0.1) is 0 Å². The second-order valence-electron chi connectivity index (χ2n) is 6.45. The number of rotatable bonds is 2. The minimum Gasteiger partial charge on any atom is -0.399 e. The van der Waals surface area contributed by atoms with Gasteiger partial charge in [0.2, 0.25) is 0 Å². The lowest BCUT2D eigenvalue weighted by Crippen LogP contribution is -2.41. The lowest BCUT2D eigenvalue weighted by molar-refractivity contribution is 0.00578. The van der Waals surface area contributed by atoms with Crippen molar-refractivity contribution < 1.29 is 14.4 Å². The van der Waals surface area contributed by atoms with Crippen LogP contribution in [0.2, 0.25) is 0 Å². The van der Waals surface area contributed by atoms with Crippen molar-refractivity contribution in [1.29, 1.82) is 0 Å². The highest BCUT2D eigenvalue weighted by atomic mass is 16.7. The maximum atomic E-state index is 9.62. The maximum absolute atomic E-state index is 9.62. The quantitative estimate of drug-likeness (QED) is 0.858. The fraction of sp³-hybridized carbons (Fsp3) is 0.438. The Morgan fingerprint density at radius 3 is 2.33 bits per heavy atom. The van der Waals surface area contributed by atoms with Crippen LogP contribution in [0.3, 0.4) is 0 Å². The van der Waals surface area contributed by atoms with Crippen LogP contribution in [-0.2, 0) is 15.9 Å². The number of benzene rings is 1. The predicted octanol–water partition coefficient (Wildman–Crippen LogP) is 2.03. The Morgan fingerprint density at radius 1 is 1.10 bits per heavy atom. The summed E-state index contributed by atoms with van der Waals surface area (Å²) in [6.07, 6.45) is 1.77. The second-order valence-corrected chi connectivity index (χ2v) is 6.45. The Labute approximate surface area is 125 Å². The Hall–Kier alpha value is -1.43. The summed E-state index contributed by atoms with van der Waals surface area (Å²) in [4.78, 5) is 4.36. The normalized spacial score (nSPS) is 20.1. The highest BCUT2D eigenvalue weighted by Gasteiger charge is 2.52. The van der Waals surface area contributed by atoms with Crippen LogP contribution in [0.4, 0.5) is 0 Å². The van der Waals surface area contributed by atoms with Gasteiger partial charge in [-0.2, -0.15) is 0 Å². The molecule has 2 heterocycles. The highest BCUT2D eigenvalue weighted by molar-refractivity contribution is 6.65. The zero-order valence-electron chi connectivity index (χ0n) is 12.9. The van der Waals surface area contributed by atoms with E-state index in [2.05, 4.69) is 4.98 Å². The minimum atomic E-state index is -0.518. The number of hydrogen-bond donors (Lipinski definition) is 1. The van der Waals surface area contributed by atoms with Crippen LogP contribution in [0.15, 0.2) is 30.5 Å². The van der Waals surface area contributed by atoms with Crippen LogP contribution in [0.1, 0.15) is 33.4 Å². The van der Waals surface area contributed by atoms with Crippen LogP contribution >= 0.6 is 0 Å². The molecule has 21 heavy (non-hydrogen) atoms.